The molecule has 0 bridgehead atoms. The van der Waals surface area contributed by atoms with Crippen LogP contribution in [-0.4, -0.2) is 53.1 Å². The van der Waals surface area contributed by atoms with Crippen LogP contribution in [0.15, 0.2) is 0 Å². The van der Waals surface area contributed by atoms with Crippen LogP contribution in [0.5, 0.6) is 0 Å². The summed E-state index contributed by atoms with van der Waals surface area (Å²) in [5.41, 5.74) is -0.609. The molecule has 2 rings (SSSR count). The van der Waals surface area contributed by atoms with Crippen molar-refractivity contribution in [2.75, 3.05) is 26.2 Å². The van der Waals surface area contributed by atoms with Gasteiger partial charge in [0.05, 0.1) is 5.41 Å². The maximum absolute atomic E-state index is 12.5. The zero-order chi connectivity index (χ0) is 15.5. The minimum atomic E-state index is -0.691. The lowest BCUT2D eigenvalue weighted by molar-refractivity contribution is -0.152. The molecule has 0 radical (unpaired) electrons. The van der Waals surface area contributed by atoms with E-state index >= 15 is 0 Å². The fraction of sp³-hybridized carbons (Fsp3) is 0.875. The molecule has 21 heavy (non-hydrogen) atoms. The third kappa shape index (κ3) is 3.33. The number of carboxylic acid groups (broad SMARTS) is 1. The van der Waals surface area contributed by atoms with Gasteiger partial charge in [-0.2, -0.15) is 0 Å². The van der Waals surface area contributed by atoms with Gasteiger partial charge in [-0.25, -0.2) is 4.79 Å². The largest absolute Gasteiger partial charge is 0.481 e. The van der Waals surface area contributed by atoms with Crippen molar-refractivity contribution in [2.24, 2.45) is 11.3 Å². The van der Waals surface area contributed by atoms with Crippen LogP contribution in [0.1, 0.15) is 52.4 Å². The minimum absolute atomic E-state index is 0.112. The first-order valence-electron chi connectivity index (χ1n) is 8.29. The lowest BCUT2D eigenvalue weighted by Crippen LogP contribution is -2.50. The molecule has 120 valence electrons. The van der Waals surface area contributed by atoms with Crippen LogP contribution >= 0.6 is 0 Å². The number of carboxylic acids is 1. The average molecular weight is 296 g/mol. The smallest absolute Gasteiger partial charge is 0.320 e. The number of piperidine rings is 1. The third-order valence-corrected chi connectivity index (χ3v) is 5.31. The highest BCUT2D eigenvalue weighted by molar-refractivity contribution is 5.77. The van der Waals surface area contributed by atoms with Crippen molar-refractivity contribution in [1.82, 2.24) is 9.80 Å². The van der Waals surface area contributed by atoms with Gasteiger partial charge >= 0.3 is 12.0 Å². The number of rotatable bonds is 4. The topological polar surface area (TPSA) is 60.9 Å². The van der Waals surface area contributed by atoms with E-state index in [-0.39, 0.29) is 6.03 Å². The van der Waals surface area contributed by atoms with Crippen molar-refractivity contribution < 1.29 is 14.7 Å². The predicted molar refractivity (Wildman–Crippen MR) is 81.2 cm³/mol. The van der Waals surface area contributed by atoms with E-state index in [1.807, 2.05) is 16.7 Å². The van der Waals surface area contributed by atoms with E-state index in [1.165, 1.54) is 0 Å². The molecule has 2 aliphatic rings. The second kappa shape index (κ2) is 6.67. The number of urea groups is 1. The number of nitrogens with zero attached hydrogens (tertiary/aromatic N) is 2. The Balaban J connectivity index is 1.91. The summed E-state index contributed by atoms with van der Waals surface area (Å²) in [5, 5.41) is 9.51. The highest BCUT2D eigenvalue weighted by atomic mass is 16.4. The van der Waals surface area contributed by atoms with E-state index < -0.39 is 11.4 Å². The van der Waals surface area contributed by atoms with Gasteiger partial charge in [-0.05, 0) is 31.6 Å². The molecule has 0 aromatic rings. The molecule has 0 spiro atoms. The number of amides is 2. The Labute approximate surface area is 127 Å². The highest BCUT2D eigenvalue weighted by Crippen LogP contribution is 2.37. The van der Waals surface area contributed by atoms with Crippen molar-refractivity contribution in [2.45, 2.75) is 52.4 Å². The van der Waals surface area contributed by atoms with Gasteiger partial charge in [-0.1, -0.05) is 26.7 Å². The summed E-state index contributed by atoms with van der Waals surface area (Å²) >= 11 is 0. The van der Waals surface area contributed by atoms with Crippen LogP contribution in [0.2, 0.25) is 0 Å². The van der Waals surface area contributed by atoms with Gasteiger partial charge in [-0.3, -0.25) is 4.79 Å². The SMILES string of the molecule is CCCC1(C(=O)O)CCN(C(=O)N2CCC(CC)C2)CC1. The quantitative estimate of drug-likeness (QED) is 0.867. The molecule has 1 atom stereocenters. The Hall–Kier alpha value is -1.26. The molecular formula is C16H28N2O3. The van der Waals surface area contributed by atoms with Crippen molar-refractivity contribution in [3.8, 4) is 0 Å². The Morgan fingerprint density at radius 2 is 1.81 bits per heavy atom. The maximum atomic E-state index is 12.5. The predicted octanol–water partition coefficient (Wildman–Crippen LogP) is 2.81. The monoisotopic (exact) mass is 296 g/mol. The number of hydrogen-bond donors (Lipinski definition) is 1. The van der Waals surface area contributed by atoms with Crippen molar-refractivity contribution >= 4 is 12.0 Å². The van der Waals surface area contributed by atoms with Gasteiger partial charge in [0.25, 0.3) is 0 Å². The standard InChI is InChI=1S/C16H28N2O3/c1-3-6-16(14(19)20)7-10-17(11-8-16)15(21)18-9-5-13(4-2)12-18/h13H,3-12H2,1-2H3,(H,19,20). The van der Waals surface area contributed by atoms with Crippen molar-refractivity contribution in [3.63, 3.8) is 0 Å². The van der Waals surface area contributed by atoms with Crippen LogP contribution in [0.25, 0.3) is 0 Å². The molecule has 5 nitrogen and oxygen atoms in total. The first kappa shape index (κ1) is 16.1. The lowest BCUT2D eigenvalue weighted by Gasteiger charge is -2.40. The summed E-state index contributed by atoms with van der Waals surface area (Å²) in [7, 11) is 0. The Bertz CT molecular complexity index is 389. The normalized spacial score (nSPS) is 25.1. The number of aliphatic carboxylic acids is 1. The van der Waals surface area contributed by atoms with E-state index in [1.54, 1.807) is 0 Å². The summed E-state index contributed by atoms with van der Waals surface area (Å²) < 4.78 is 0. The van der Waals surface area contributed by atoms with Gasteiger partial charge in [0.2, 0.25) is 0 Å². The van der Waals surface area contributed by atoms with E-state index in [0.717, 1.165) is 32.4 Å². The summed E-state index contributed by atoms with van der Waals surface area (Å²) in [6, 6.07) is 0.112. The summed E-state index contributed by atoms with van der Waals surface area (Å²) in [4.78, 5) is 27.9. The summed E-state index contributed by atoms with van der Waals surface area (Å²) in [5.74, 6) is -0.0550. The Kier molecular flexibility index (Phi) is 5.12. The zero-order valence-corrected chi connectivity index (χ0v) is 13.3. The van der Waals surface area contributed by atoms with Crippen LogP contribution in [0.3, 0.4) is 0 Å². The van der Waals surface area contributed by atoms with Gasteiger partial charge < -0.3 is 14.9 Å². The molecule has 0 saturated carbocycles. The molecule has 2 saturated heterocycles. The molecule has 2 amide bonds. The summed E-state index contributed by atoms with van der Waals surface area (Å²) in [6.45, 7) is 7.08. The molecule has 2 fully saturated rings. The second-order valence-corrected chi connectivity index (χ2v) is 6.61. The molecule has 1 unspecified atom stereocenters. The second-order valence-electron chi connectivity index (χ2n) is 6.61. The fourth-order valence-corrected chi connectivity index (χ4v) is 3.72. The minimum Gasteiger partial charge on any atom is -0.481 e. The number of hydrogen-bond acceptors (Lipinski definition) is 2. The first-order valence-corrected chi connectivity index (χ1v) is 8.29. The molecule has 2 aliphatic heterocycles. The third-order valence-electron chi connectivity index (χ3n) is 5.31. The summed E-state index contributed by atoms with van der Waals surface area (Å²) in [6.07, 6.45) is 5.00. The van der Waals surface area contributed by atoms with Crippen molar-refractivity contribution in [3.05, 3.63) is 0 Å². The Morgan fingerprint density at radius 3 is 2.29 bits per heavy atom. The molecule has 5 heteroatoms. The van der Waals surface area contributed by atoms with Gasteiger partial charge in [0.15, 0.2) is 0 Å². The molecule has 0 aromatic carbocycles. The van der Waals surface area contributed by atoms with Crippen LogP contribution in [0, 0.1) is 11.3 Å². The molecule has 0 aliphatic carbocycles. The van der Waals surface area contributed by atoms with Crippen LogP contribution in [0.4, 0.5) is 4.79 Å². The van der Waals surface area contributed by atoms with E-state index in [4.69, 9.17) is 0 Å². The number of likely N-dealkylation sites (tertiary alicyclic amines) is 2. The van der Waals surface area contributed by atoms with Crippen LogP contribution < -0.4 is 0 Å². The maximum Gasteiger partial charge on any atom is 0.320 e. The Morgan fingerprint density at radius 1 is 1.14 bits per heavy atom. The van der Waals surface area contributed by atoms with Gasteiger partial charge in [-0.15, -0.1) is 0 Å². The highest BCUT2D eigenvalue weighted by Gasteiger charge is 2.42. The molecular weight excluding hydrogens is 268 g/mol. The molecule has 1 N–H and O–H groups in total. The van der Waals surface area contributed by atoms with E-state index in [0.29, 0.717) is 38.3 Å². The molecule has 0 aromatic heterocycles. The zero-order valence-electron chi connectivity index (χ0n) is 13.3. The first-order chi connectivity index (χ1) is 10.0. The number of carbonyl (C=O) groups is 2. The fourth-order valence-electron chi connectivity index (χ4n) is 3.72. The van der Waals surface area contributed by atoms with Gasteiger partial charge in [0.1, 0.15) is 0 Å². The van der Waals surface area contributed by atoms with Gasteiger partial charge in [0, 0.05) is 26.2 Å². The van der Waals surface area contributed by atoms with E-state index in [2.05, 4.69) is 6.92 Å². The number of carbonyl (C=O) groups excluding carboxylic acids is 1. The molecule has 2 heterocycles. The van der Waals surface area contributed by atoms with Crippen molar-refractivity contribution in [1.29, 1.82) is 0 Å². The van der Waals surface area contributed by atoms with E-state index in [9.17, 15) is 14.7 Å². The van der Waals surface area contributed by atoms with Crippen LogP contribution in [-0.2, 0) is 4.79 Å². The average Bonchev–Trinajstić information content (AvgIpc) is 2.96. The lowest BCUT2D eigenvalue weighted by atomic mass is 9.75.